The average Bonchev–Trinajstić information content (AvgIpc) is 2.91. The Morgan fingerprint density at radius 1 is 0.974 bits per heavy atom. The predicted molar refractivity (Wildman–Crippen MR) is 155 cm³/mol. The summed E-state index contributed by atoms with van der Waals surface area (Å²) in [4.78, 5) is 12.7. The first kappa shape index (κ1) is 27.9. The Kier molecular flexibility index (Phi) is 9.06. The Bertz CT molecular complexity index is 1600. The molecule has 8 nitrogen and oxygen atoms in total. The van der Waals surface area contributed by atoms with Crippen LogP contribution in [-0.2, 0) is 21.4 Å². The van der Waals surface area contributed by atoms with Crippen molar-refractivity contribution in [3.8, 4) is 11.5 Å². The zero-order valence-electron chi connectivity index (χ0n) is 21.5. The molecule has 0 aromatic heterocycles. The van der Waals surface area contributed by atoms with Gasteiger partial charge in [0.25, 0.3) is 5.91 Å². The fourth-order valence-electron chi connectivity index (χ4n) is 3.93. The summed E-state index contributed by atoms with van der Waals surface area (Å²) < 4.78 is 37.8. The lowest BCUT2D eigenvalue weighted by atomic mass is 10.1. The number of ether oxygens (including phenoxy) is 2. The summed E-state index contributed by atoms with van der Waals surface area (Å²) in [5.74, 6) is 0.488. The van der Waals surface area contributed by atoms with Gasteiger partial charge < -0.3 is 9.47 Å². The molecule has 10 heteroatoms. The Labute approximate surface area is 232 Å². The molecule has 0 atom stereocenters. The van der Waals surface area contributed by atoms with Crippen molar-refractivity contribution in [1.82, 2.24) is 5.43 Å². The van der Waals surface area contributed by atoms with Crippen LogP contribution in [0.15, 0.2) is 90.0 Å². The second-order valence-corrected chi connectivity index (χ2v) is 11.0. The number of nitrogens with zero attached hydrogens (tertiary/aromatic N) is 2. The van der Waals surface area contributed by atoms with E-state index in [0.29, 0.717) is 41.0 Å². The number of benzene rings is 4. The molecule has 0 aliphatic carbocycles. The van der Waals surface area contributed by atoms with Crippen molar-refractivity contribution in [2.75, 3.05) is 23.7 Å². The standard InChI is InChI=1S/C29H28ClN3O5S/c1-3-37-28-17-21(14-15-27(28)38-20-22-8-6-11-24(30)16-22)18-31-32-29(34)19-33(39(2,35)36)26-13-7-10-23-9-4-5-12-25(23)26/h4-18H,3,19-20H2,1-2H3,(H,32,34). The third-order valence-corrected chi connectivity index (χ3v) is 7.04. The van der Waals surface area contributed by atoms with Crippen molar-refractivity contribution >= 4 is 50.2 Å². The van der Waals surface area contributed by atoms with Gasteiger partial charge in [0.1, 0.15) is 13.2 Å². The van der Waals surface area contributed by atoms with Crippen molar-refractivity contribution < 1.29 is 22.7 Å². The molecule has 0 saturated heterocycles. The maximum absolute atomic E-state index is 12.7. The lowest BCUT2D eigenvalue weighted by Crippen LogP contribution is -2.39. The highest BCUT2D eigenvalue weighted by Crippen LogP contribution is 2.30. The molecule has 0 radical (unpaired) electrons. The van der Waals surface area contributed by atoms with Gasteiger partial charge in [-0.15, -0.1) is 0 Å². The van der Waals surface area contributed by atoms with Crippen LogP contribution in [0.1, 0.15) is 18.1 Å². The molecule has 0 unspecified atom stereocenters. The van der Waals surface area contributed by atoms with E-state index in [1.165, 1.54) is 6.21 Å². The molecule has 4 rings (SSSR count). The second kappa shape index (κ2) is 12.6. The van der Waals surface area contributed by atoms with Crippen LogP contribution in [0.4, 0.5) is 5.69 Å². The zero-order chi connectivity index (χ0) is 27.8. The maximum atomic E-state index is 12.7. The van der Waals surface area contributed by atoms with Crippen molar-refractivity contribution in [2.45, 2.75) is 13.5 Å². The first-order valence-corrected chi connectivity index (χ1v) is 14.4. The monoisotopic (exact) mass is 565 g/mol. The molecule has 4 aromatic rings. The molecule has 0 spiro atoms. The Morgan fingerprint density at radius 2 is 1.74 bits per heavy atom. The third-order valence-electron chi connectivity index (χ3n) is 5.68. The van der Waals surface area contributed by atoms with E-state index in [-0.39, 0.29) is 0 Å². The summed E-state index contributed by atoms with van der Waals surface area (Å²) >= 11 is 6.05. The number of fused-ring (bicyclic) bond motifs is 1. The van der Waals surface area contributed by atoms with Crippen LogP contribution in [0, 0.1) is 0 Å². The Balaban J connectivity index is 1.44. The van der Waals surface area contributed by atoms with Crippen molar-refractivity contribution in [1.29, 1.82) is 0 Å². The highest BCUT2D eigenvalue weighted by atomic mass is 35.5. The molecule has 0 aliphatic heterocycles. The zero-order valence-corrected chi connectivity index (χ0v) is 23.1. The Morgan fingerprint density at radius 3 is 2.51 bits per heavy atom. The fraction of sp³-hybridized carbons (Fsp3) is 0.172. The average molecular weight is 566 g/mol. The van der Waals surface area contributed by atoms with Crippen molar-refractivity contribution in [2.24, 2.45) is 5.10 Å². The minimum absolute atomic E-state index is 0.317. The van der Waals surface area contributed by atoms with Crippen LogP contribution >= 0.6 is 11.6 Å². The van der Waals surface area contributed by atoms with Crippen LogP contribution in [0.5, 0.6) is 11.5 Å². The molecule has 0 fully saturated rings. The second-order valence-electron chi connectivity index (χ2n) is 8.62. The molecule has 39 heavy (non-hydrogen) atoms. The summed E-state index contributed by atoms with van der Waals surface area (Å²) in [5, 5.41) is 6.23. The minimum atomic E-state index is -3.74. The molecular formula is C29H28ClN3O5S. The lowest BCUT2D eigenvalue weighted by molar-refractivity contribution is -0.119. The molecule has 1 N–H and O–H groups in total. The number of rotatable bonds is 11. The van der Waals surface area contributed by atoms with E-state index in [2.05, 4.69) is 10.5 Å². The number of anilines is 1. The van der Waals surface area contributed by atoms with Gasteiger partial charge in [0, 0.05) is 10.4 Å². The topological polar surface area (TPSA) is 97.3 Å². The van der Waals surface area contributed by atoms with Crippen LogP contribution < -0.4 is 19.2 Å². The van der Waals surface area contributed by atoms with Gasteiger partial charge in [0.2, 0.25) is 10.0 Å². The summed E-state index contributed by atoms with van der Waals surface area (Å²) in [6, 6.07) is 25.4. The van der Waals surface area contributed by atoms with Crippen LogP contribution in [0.25, 0.3) is 10.8 Å². The SMILES string of the molecule is CCOc1cc(C=NNC(=O)CN(c2cccc3ccccc23)S(C)(=O)=O)ccc1OCc1cccc(Cl)c1. The fourth-order valence-corrected chi connectivity index (χ4v) is 5.01. The van der Waals surface area contributed by atoms with E-state index in [1.807, 2.05) is 55.5 Å². The largest absolute Gasteiger partial charge is 0.490 e. The highest BCUT2D eigenvalue weighted by molar-refractivity contribution is 7.92. The normalized spacial score (nSPS) is 11.5. The van der Waals surface area contributed by atoms with E-state index in [4.69, 9.17) is 21.1 Å². The maximum Gasteiger partial charge on any atom is 0.260 e. The van der Waals surface area contributed by atoms with Gasteiger partial charge in [0.05, 0.1) is 24.8 Å². The van der Waals surface area contributed by atoms with Gasteiger partial charge >= 0.3 is 0 Å². The predicted octanol–water partition coefficient (Wildman–Crippen LogP) is 5.39. The molecule has 0 aliphatic rings. The number of sulfonamides is 1. The summed E-state index contributed by atoms with van der Waals surface area (Å²) in [6.45, 7) is 2.19. The quantitative estimate of drug-likeness (QED) is 0.194. The van der Waals surface area contributed by atoms with Gasteiger partial charge in [0.15, 0.2) is 11.5 Å². The molecule has 4 aromatic carbocycles. The van der Waals surface area contributed by atoms with Gasteiger partial charge in [-0.2, -0.15) is 5.10 Å². The summed E-state index contributed by atoms with van der Waals surface area (Å²) in [7, 11) is -3.74. The number of halogens is 1. The summed E-state index contributed by atoms with van der Waals surface area (Å²) in [6.07, 6.45) is 2.51. The number of nitrogens with one attached hydrogen (secondary N) is 1. The van der Waals surface area contributed by atoms with Crippen molar-refractivity contribution in [3.63, 3.8) is 0 Å². The van der Waals surface area contributed by atoms with Gasteiger partial charge in [-0.25, -0.2) is 13.8 Å². The van der Waals surface area contributed by atoms with Gasteiger partial charge in [-0.1, -0.05) is 60.1 Å². The first-order valence-electron chi connectivity index (χ1n) is 12.2. The molecule has 0 saturated carbocycles. The van der Waals surface area contributed by atoms with E-state index in [0.717, 1.165) is 26.9 Å². The molecule has 202 valence electrons. The molecule has 1 amide bonds. The molecule has 0 bridgehead atoms. The first-order chi connectivity index (χ1) is 18.7. The third kappa shape index (κ3) is 7.49. The number of carbonyl (C=O) groups excluding carboxylic acids is 1. The highest BCUT2D eigenvalue weighted by Gasteiger charge is 2.22. The number of hydrazone groups is 1. The van der Waals surface area contributed by atoms with Crippen LogP contribution in [0.2, 0.25) is 5.02 Å². The van der Waals surface area contributed by atoms with E-state index >= 15 is 0 Å². The number of hydrogen-bond donors (Lipinski definition) is 1. The lowest BCUT2D eigenvalue weighted by Gasteiger charge is -2.23. The minimum Gasteiger partial charge on any atom is -0.490 e. The van der Waals surface area contributed by atoms with E-state index < -0.39 is 22.5 Å². The summed E-state index contributed by atoms with van der Waals surface area (Å²) in [5.41, 5.74) is 4.41. The van der Waals surface area contributed by atoms with Crippen LogP contribution in [0.3, 0.4) is 0 Å². The molecule has 0 heterocycles. The number of carbonyl (C=O) groups is 1. The van der Waals surface area contributed by atoms with Crippen molar-refractivity contribution in [3.05, 3.63) is 101 Å². The van der Waals surface area contributed by atoms with Gasteiger partial charge in [-0.3, -0.25) is 9.10 Å². The number of amides is 1. The van der Waals surface area contributed by atoms with Crippen LogP contribution in [-0.4, -0.2) is 39.9 Å². The number of hydrogen-bond acceptors (Lipinski definition) is 6. The van der Waals surface area contributed by atoms with E-state index in [1.54, 1.807) is 36.4 Å². The smallest absolute Gasteiger partial charge is 0.260 e. The molecular weight excluding hydrogens is 538 g/mol. The Hall–Kier alpha value is -4.08. The van der Waals surface area contributed by atoms with E-state index in [9.17, 15) is 13.2 Å². The van der Waals surface area contributed by atoms with Gasteiger partial charge in [-0.05, 0) is 59.8 Å².